The van der Waals surface area contributed by atoms with Crippen LogP contribution in [0, 0.1) is 0 Å². The maximum atomic E-state index is 13.8. The fourth-order valence-corrected chi connectivity index (χ4v) is 4.20. The molecule has 168 valence electrons. The molecule has 0 spiro atoms. The molecule has 33 heavy (non-hydrogen) atoms. The van der Waals surface area contributed by atoms with E-state index >= 15 is 0 Å². The first kappa shape index (κ1) is 22.1. The fourth-order valence-electron chi connectivity index (χ4n) is 4.20. The van der Waals surface area contributed by atoms with Crippen molar-refractivity contribution in [1.29, 1.82) is 0 Å². The van der Waals surface area contributed by atoms with Crippen molar-refractivity contribution < 1.29 is 19.1 Å². The van der Waals surface area contributed by atoms with Gasteiger partial charge in [-0.15, -0.1) is 0 Å². The zero-order valence-corrected chi connectivity index (χ0v) is 18.5. The monoisotopic (exact) mass is 443 g/mol. The minimum atomic E-state index is -1.49. The number of carbonyl (C=O) groups excluding carboxylic acids is 3. The second-order valence-corrected chi connectivity index (χ2v) is 7.93. The lowest BCUT2D eigenvalue weighted by Crippen LogP contribution is -2.54. The predicted octanol–water partition coefficient (Wildman–Crippen LogP) is 3.60. The lowest BCUT2D eigenvalue weighted by atomic mass is 9.87. The quantitative estimate of drug-likeness (QED) is 0.584. The van der Waals surface area contributed by atoms with Crippen LogP contribution in [-0.2, 0) is 26.5 Å². The summed E-state index contributed by atoms with van der Waals surface area (Å²) in [6, 6.07) is 23.8. The number of hydrogen-bond acceptors (Lipinski definition) is 4. The highest BCUT2D eigenvalue weighted by Gasteiger charge is 2.52. The lowest BCUT2D eigenvalue weighted by molar-refractivity contribution is -0.133. The van der Waals surface area contributed by atoms with Crippen LogP contribution in [0.15, 0.2) is 78.9 Å². The number of fused-ring (bicyclic) bond motifs is 1. The summed E-state index contributed by atoms with van der Waals surface area (Å²) in [6.45, 7) is 1.68. The molecule has 3 aromatic carbocycles. The summed E-state index contributed by atoms with van der Waals surface area (Å²) in [5.41, 5.74) is 1.30. The minimum Gasteiger partial charge on any atom is -0.497 e. The van der Waals surface area contributed by atoms with E-state index in [1.807, 2.05) is 42.5 Å². The Hall–Kier alpha value is -4.13. The van der Waals surface area contributed by atoms with Gasteiger partial charge in [-0.3, -0.25) is 14.4 Å². The molecule has 1 aliphatic rings. The normalized spacial score (nSPS) is 16.8. The third kappa shape index (κ3) is 4.43. The summed E-state index contributed by atoms with van der Waals surface area (Å²) in [6.07, 6.45) is -0.236. The van der Waals surface area contributed by atoms with Crippen molar-refractivity contribution >= 4 is 29.1 Å². The summed E-state index contributed by atoms with van der Waals surface area (Å²) >= 11 is 0. The number of hydrogen-bond donors (Lipinski definition) is 2. The Morgan fingerprint density at radius 2 is 1.61 bits per heavy atom. The number of rotatable bonds is 7. The van der Waals surface area contributed by atoms with Crippen molar-refractivity contribution in [2.24, 2.45) is 0 Å². The molecule has 0 saturated carbocycles. The molecule has 0 bridgehead atoms. The second kappa shape index (κ2) is 9.16. The van der Waals surface area contributed by atoms with Gasteiger partial charge in [-0.25, -0.2) is 0 Å². The van der Waals surface area contributed by atoms with Gasteiger partial charge in [0, 0.05) is 18.2 Å². The highest BCUT2D eigenvalue weighted by molar-refractivity contribution is 6.12. The van der Waals surface area contributed by atoms with Gasteiger partial charge in [0.15, 0.2) is 5.54 Å². The Kier molecular flexibility index (Phi) is 6.13. The number of benzene rings is 3. The number of carbonyl (C=O) groups is 3. The smallest absolute Gasteiger partial charge is 0.258 e. The van der Waals surface area contributed by atoms with E-state index in [1.54, 1.807) is 48.4 Å². The van der Waals surface area contributed by atoms with Crippen molar-refractivity contribution in [3.8, 4) is 5.75 Å². The van der Waals surface area contributed by atoms with Gasteiger partial charge in [0.25, 0.3) is 5.91 Å². The Labute approximate surface area is 192 Å². The summed E-state index contributed by atoms with van der Waals surface area (Å²) in [7, 11) is 1.56. The van der Waals surface area contributed by atoms with Crippen LogP contribution in [0.1, 0.15) is 24.5 Å². The standard InChI is InChI=1S/C26H25N3O4/c1-18(30)28-26(16-24(31)27-20-12-14-21(33-2)15-13-20)22-10-6-7-11-23(22)29(25(26)32)17-19-8-4-3-5-9-19/h3-15H,16-17H2,1-2H3,(H,27,31)(H,28,30)/t26-/m1/s1. The Morgan fingerprint density at radius 1 is 0.939 bits per heavy atom. The molecule has 1 heterocycles. The largest absolute Gasteiger partial charge is 0.497 e. The van der Waals surface area contributed by atoms with Gasteiger partial charge in [0.1, 0.15) is 5.75 Å². The molecule has 0 saturated heterocycles. The van der Waals surface area contributed by atoms with Crippen molar-refractivity contribution in [2.75, 3.05) is 17.3 Å². The molecule has 1 aliphatic heterocycles. The third-order valence-electron chi connectivity index (χ3n) is 5.64. The van der Waals surface area contributed by atoms with Crippen LogP contribution in [-0.4, -0.2) is 24.8 Å². The molecule has 0 aliphatic carbocycles. The molecular formula is C26H25N3O4. The van der Waals surface area contributed by atoms with Crippen LogP contribution in [0.25, 0.3) is 0 Å². The van der Waals surface area contributed by atoms with E-state index in [-0.39, 0.29) is 12.3 Å². The molecule has 2 N–H and O–H groups in total. The molecule has 0 radical (unpaired) electrons. The zero-order valence-electron chi connectivity index (χ0n) is 18.5. The summed E-state index contributed by atoms with van der Waals surface area (Å²) in [5, 5.41) is 5.62. The van der Waals surface area contributed by atoms with E-state index in [4.69, 9.17) is 4.74 Å². The first-order valence-electron chi connectivity index (χ1n) is 10.6. The topological polar surface area (TPSA) is 87.7 Å². The molecule has 1 atom stereocenters. The van der Waals surface area contributed by atoms with E-state index in [0.29, 0.717) is 29.2 Å². The predicted molar refractivity (Wildman–Crippen MR) is 126 cm³/mol. The molecule has 4 rings (SSSR count). The van der Waals surface area contributed by atoms with E-state index in [2.05, 4.69) is 10.6 Å². The van der Waals surface area contributed by atoms with Gasteiger partial charge in [-0.05, 0) is 35.9 Å². The summed E-state index contributed by atoms with van der Waals surface area (Å²) in [5.74, 6) is -0.456. The Bertz CT molecular complexity index is 1180. The van der Waals surface area contributed by atoms with Gasteiger partial charge >= 0.3 is 0 Å². The highest BCUT2D eigenvalue weighted by Crippen LogP contribution is 2.43. The van der Waals surface area contributed by atoms with E-state index in [9.17, 15) is 14.4 Å². The molecule has 0 unspecified atom stereocenters. The van der Waals surface area contributed by atoms with Crippen molar-refractivity contribution in [3.05, 3.63) is 90.0 Å². The molecule has 3 amide bonds. The number of methoxy groups -OCH3 is 1. The number of nitrogens with zero attached hydrogens (tertiary/aromatic N) is 1. The van der Waals surface area contributed by atoms with E-state index in [1.165, 1.54) is 6.92 Å². The number of amides is 3. The van der Waals surface area contributed by atoms with Crippen molar-refractivity contribution in [3.63, 3.8) is 0 Å². The van der Waals surface area contributed by atoms with Crippen LogP contribution >= 0.6 is 0 Å². The maximum Gasteiger partial charge on any atom is 0.258 e. The fraction of sp³-hybridized carbons (Fsp3) is 0.192. The first-order chi connectivity index (χ1) is 15.9. The van der Waals surface area contributed by atoms with Crippen LogP contribution in [0.2, 0.25) is 0 Å². The average molecular weight is 444 g/mol. The number of nitrogens with one attached hydrogen (secondary N) is 2. The number of para-hydroxylation sites is 1. The Balaban J connectivity index is 1.67. The lowest BCUT2D eigenvalue weighted by Gasteiger charge is -2.29. The first-order valence-corrected chi connectivity index (χ1v) is 10.6. The number of anilines is 2. The van der Waals surface area contributed by atoms with Gasteiger partial charge in [0.05, 0.1) is 25.8 Å². The molecular weight excluding hydrogens is 418 g/mol. The van der Waals surface area contributed by atoms with Crippen LogP contribution < -0.4 is 20.3 Å². The second-order valence-electron chi connectivity index (χ2n) is 7.93. The zero-order chi connectivity index (χ0) is 23.4. The van der Waals surface area contributed by atoms with Crippen LogP contribution in [0.5, 0.6) is 5.75 Å². The van der Waals surface area contributed by atoms with Gasteiger partial charge in [-0.1, -0.05) is 48.5 Å². The number of ether oxygens (including phenoxy) is 1. The molecule has 0 fully saturated rings. The third-order valence-corrected chi connectivity index (χ3v) is 5.64. The minimum absolute atomic E-state index is 0.236. The van der Waals surface area contributed by atoms with E-state index in [0.717, 1.165) is 5.56 Å². The van der Waals surface area contributed by atoms with Crippen molar-refractivity contribution in [2.45, 2.75) is 25.4 Å². The molecule has 7 nitrogen and oxygen atoms in total. The average Bonchev–Trinajstić information content (AvgIpc) is 3.02. The molecule has 3 aromatic rings. The SMILES string of the molecule is COc1ccc(NC(=O)C[C@]2(NC(C)=O)C(=O)N(Cc3ccccc3)c3ccccc32)cc1. The van der Waals surface area contributed by atoms with Crippen LogP contribution in [0.3, 0.4) is 0 Å². The van der Waals surface area contributed by atoms with Crippen molar-refractivity contribution in [1.82, 2.24) is 5.32 Å². The Morgan fingerprint density at radius 3 is 2.27 bits per heavy atom. The molecule has 0 aromatic heterocycles. The van der Waals surface area contributed by atoms with Crippen LogP contribution in [0.4, 0.5) is 11.4 Å². The maximum absolute atomic E-state index is 13.8. The molecule has 7 heteroatoms. The van der Waals surface area contributed by atoms with Gasteiger partial charge in [-0.2, -0.15) is 0 Å². The highest BCUT2D eigenvalue weighted by atomic mass is 16.5. The summed E-state index contributed by atoms with van der Waals surface area (Å²) in [4.78, 5) is 40.7. The van der Waals surface area contributed by atoms with E-state index < -0.39 is 17.4 Å². The van der Waals surface area contributed by atoms with Gasteiger partial charge in [0.2, 0.25) is 11.8 Å². The summed E-state index contributed by atoms with van der Waals surface area (Å²) < 4.78 is 5.14. The van der Waals surface area contributed by atoms with Gasteiger partial charge < -0.3 is 20.3 Å².